The van der Waals surface area contributed by atoms with Crippen LogP contribution >= 0.6 is 0 Å². The third kappa shape index (κ3) is 3.63. The summed E-state index contributed by atoms with van der Waals surface area (Å²) in [5, 5.41) is 14.2. The fraction of sp³-hybridized carbons (Fsp3) is 0.467. The molecule has 0 saturated heterocycles. The lowest BCUT2D eigenvalue weighted by Crippen LogP contribution is -2.34. The number of aromatic amines is 1. The van der Waals surface area contributed by atoms with Crippen LogP contribution in [0.2, 0.25) is 0 Å². The van der Waals surface area contributed by atoms with Crippen LogP contribution in [-0.2, 0) is 9.84 Å². The normalized spacial score (nSPS) is 21.2. The maximum absolute atomic E-state index is 11.8. The van der Waals surface area contributed by atoms with Gasteiger partial charge in [-0.15, -0.1) is 0 Å². The fourth-order valence-corrected chi connectivity index (χ4v) is 4.43. The Morgan fingerprint density at radius 3 is 2.80 bits per heavy atom. The molecule has 0 aliphatic heterocycles. The summed E-state index contributed by atoms with van der Waals surface area (Å²) in [7, 11) is -3.15. The van der Waals surface area contributed by atoms with Crippen LogP contribution < -0.4 is 10.9 Å². The van der Waals surface area contributed by atoms with E-state index < -0.39 is 25.6 Å². The van der Waals surface area contributed by atoms with Crippen LogP contribution in [0, 0.1) is 10.1 Å². The fourth-order valence-electron chi connectivity index (χ4n) is 3.26. The third-order valence-electron chi connectivity index (χ3n) is 4.55. The molecule has 1 aromatic carbocycles. The zero-order valence-corrected chi connectivity index (χ0v) is 14.4. The van der Waals surface area contributed by atoms with Crippen molar-refractivity contribution in [2.45, 2.75) is 37.0 Å². The van der Waals surface area contributed by atoms with Crippen molar-refractivity contribution >= 4 is 32.1 Å². The Balaban J connectivity index is 1.96. The van der Waals surface area contributed by atoms with E-state index in [9.17, 15) is 23.3 Å². The number of hydrogen-bond donors (Lipinski definition) is 2. The highest BCUT2D eigenvalue weighted by Crippen LogP contribution is 2.32. The zero-order chi connectivity index (χ0) is 18.2. The number of nitrogens with one attached hydrogen (secondary N) is 2. The maximum atomic E-state index is 11.8. The maximum Gasteiger partial charge on any atom is 0.293 e. The second kappa shape index (κ2) is 6.43. The SMILES string of the molecule is CS(=O)(=O)C1CCCC(Nc2cc3nc[nH]c(=O)c3cc2[N+](=O)[O-])C1. The first-order valence-corrected chi connectivity index (χ1v) is 9.82. The molecule has 1 aromatic heterocycles. The summed E-state index contributed by atoms with van der Waals surface area (Å²) in [6, 6.07) is 2.47. The molecule has 2 unspecified atom stereocenters. The molecule has 1 heterocycles. The lowest BCUT2D eigenvalue weighted by molar-refractivity contribution is -0.383. The first-order valence-electron chi connectivity index (χ1n) is 7.87. The van der Waals surface area contributed by atoms with Crippen molar-refractivity contribution < 1.29 is 13.3 Å². The molecular weight excluding hydrogens is 348 g/mol. The van der Waals surface area contributed by atoms with Gasteiger partial charge in [-0.05, 0) is 25.3 Å². The van der Waals surface area contributed by atoms with E-state index in [4.69, 9.17) is 0 Å². The molecule has 10 heteroatoms. The minimum atomic E-state index is -3.15. The van der Waals surface area contributed by atoms with Gasteiger partial charge >= 0.3 is 0 Å². The van der Waals surface area contributed by atoms with Crippen LogP contribution in [0.25, 0.3) is 10.9 Å². The summed E-state index contributed by atoms with van der Waals surface area (Å²) in [6.45, 7) is 0. The van der Waals surface area contributed by atoms with E-state index in [1.165, 1.54) is 24.7 Å². The number of fused-ring (bicyclic) bond motifs is 1. The number of rotatable bonds is 4. The van der Waals surface area contributed by atoms with Crippen molar-refractivity contribution in [1.82, 2.24) is 9.97 Å². The molecule has 1 saturated carbocycles. The average molecular weight is 366 g/mol. The molecule has 1 fully saturated rings. The molecule has 0 bridgehead atoms. The highest BCUT2D eigenvalue weighted by atomic mass is 32.2. The van der Waals surface area contributed by atoms with Gasteiger partial charge in [-0.2, -0.15) is 0 Å². The molecule has 1 aliphatic carbocycles. The predicted molar refractivity (Wildman–Crippen MR) is 93.5 cm³/mol. The van der Waals surface area contributed by atoms with E-state index in [1.807, 2.05) is 0 Å². The molecule has 25 heavy (non-hydrogen) atoms. The van der Waals surface area contributed by atoms with E-state index in [2.05, 4.69) is 15.3 Å². The van der Waals surface area contributed by atoms with Gasteiger partial charge in [0.2, 0.25) is 0 Å². The zero-order valence-electron chi connectivity index (χ0n) is 13.6. The molecule has 2 atom stereocenters. The van der Waals surface area contributed by atoms with E-state index in [0.29, 0.717) is 18.4 Å². The van der Waals surface area contributed by atoms with E-state index in [0.717, 1.165) is 12.8 Å². The number of nitrogens with zero attached hydrogens (tertiary/aromatic N) is 2. The van der Waals surface area contributed by atoms with Crippen molar-refractivity contribution in [1.29, 1.82) is 0 Å². The number of aromatic nitrogens is 2. The van der Waals surface area contributed by atoms with Crippen LogP contribution in [0.3, 0.4) is 0 Å². The number of benzene rings is 1. The number of anilines is 1. The monoisotopic (exact) mass is 366 g/mol. The van der Waals surface area contributed by atoms with E-state index in [1.54, 1.807) is 0 Å². The molecule has 9 nitrogen and oxygen atoms in total. The molecule has 1 aliphatic rings. The van der Waals surface area contributed by atoms with Gasteiger partial charge in [0.25, 0.3) is 11.2 Å². The lowest BCUT2D eigenvalue weighted by Gasteiger charge is -2.29. The van der Waals surface area contributed by atoms with Crippen LogP contribution in [0.4, 0.5) is 11.4 Å². The van der Waals surface area contributed by atoms with Gasteiger partial charge in [0.1, 0.15) is 15.5 Å². The van der Waals surface area contributed by atoms with Gasteiger partial charge < -0.3 is 10.3 Å². The highest BCUT2D eigenvalue weighted by Gasteiger charge is 2.30. The Kier molecular flexibility index (Phi) is 4.46. The summed E-state index contributed by atoms with van der Waals surface area (Å²) in [5.41, 5.74) is -0.0935. The number of nitro groups is 1. The number of H-pyrrole nitrogens is 1. The minimum Gasteiger partial charge on any atom is -0.377 e. The van der Waals surface area contributed by atoms with Crippen molar-refractivity contribution in [3.05, 3.63) is 38.9 Å². The lowest BCUT2D eigenvalue weighted by atomic mass is 9.94. The van der Waals surface area contributed by atoms with Crippen LogP contribution in [0.15, 0.2) is 23.3 Å². The Morgan fingerprint density at radius 2 is 2.12 bits per heavy atom. The summed E-state index contributed by atoms with van der Waals surface area (Å²) in [5.74, 6) is 0. The predicted octanol–water partition coefficient (Wildman–Crippen LogP) is 1.60. The summed E-state index contributed by atoms with van der Waals surface area (Å²) < 4.78 is 23.6. The van der Waals surface area contributed by atoms with Crippen LogP contribution in [0.5, 0.6) is 0 Å². The quantitative estimate of drug-likeness (QED) is 0.619. The molecule has 2 aromatic rings. The average Bonchev–Trinajstić information content (AvgIpc) is 2.54. The number of nitro benzene ring substituents is 1. The molecule has 134 valence electrons. The van der Waals surface area contributed by atoms with Crippen molar-refractivity contribution in [3.8, 4) is 0 Å². The van der Waals surface area contributed by atoms with Gasteiger partial charge in [0.15, 0.2) is 0 Å². The van der Waals surface area contributed by atoms with Gasteiger partial charge in [-0.3, -0.25) is 14.9 Å². The van der Waals surface area contributed by atoms with Crippen molar-refractivity contribution in [2.24, 2.45) is 0 Å². The van der Waals surface area contributed by atoms with Gasteiger partial charge in [-0.1, -0.05) is 6.42 Å². The van der Waals surface area contributed by atoms with E-state index in [-0.39, 0.29) is 22.8 Å². The van der Waals surface area contributed by atoms with E-state index >= 15 is 0 Å². The smallest absolute Gasteiger partial charge is 0.293 e. The Labute approximate surface area is 143 Å². The van der Waals surface area contributed by atoms with Crippen LogP contribution in [0.1, 0.15) is 25.7 Å². The standard InChI is InChI=1S/C15H18N4O5S/c1-25(23,24)10-4-2-3-9(5-10)18-13-7-12-11(6-14(13)19(21)22)15(20)17-8-16-12/h6-10,18H,2-5H2,1H3,(H,16,17,20). The number of hydrogen-bond acceptors (Lipinski definition) is 7. The van der Waals surface area contributed by atoms with Gasteiger partial charge in [0, 0.05) is 18.4 Å². The van der Waals surface area contributed by atoms with Crippen LogP contribution in [-0.4, -0.2) is 40.9 Å². The summed E-state index contributed by atoms with van der Waals surface area (Å²) in [6.07, 6.45) is 4.92. The summed E-state index contributed by atoms with van der Waals surface area (Å²) >= 11 is 0. The topological polar surface area (TPSA) is 135 Å². The third-order valence-corrected chi connectivity index (χ3v) is 6.18. The molecule has 0 radical (unpaired) electrons. The van der Waals surface area contributed by atoms with Crippen molar-refractivity contribution in [2.75, 3.05) is 11.6 Å². The second-order valence-corrected chi connectivity index (χ2v) is 8.66. The molecule has 2 N–H and O–H groups in total. The highest BCUT2D eigenvalue weighted by molar-refractivity contribution is 7.91. The van der Waals surface area contributed by atoms with Crippen molar-refractivity contribution in [3.63, 3.8) is 0 Å². The number of sulfone groups is 1. The second-order valence-electron chi connectivity index (χ2n) is 6.33. The largest absolute Gasteiger partial charge is 0.377 e. The molecule has 3 rings (SSSR count). The minimum absolute atomic E-state index is 0.136. The molecule has 0 amide bonds. The Morgan fingerprint density at radius 1 is 1.36 bits per heavy atom. The molecule has 0 spiro atoms. The first-order chi connectivity index (χ1) is 11.8. The Bertz CT molecular complexity index is 985. The Hall–Kier alpha value is -2.49. The van der Waals surface area contributed by atoms with Gasteiger partial charge in [-0.25, -0.2) is 13.4 Å². The molecular formula is C15H18N4O5S. The first kappa shape index (κ1) is 17.3. The summed E-state index contributed by atoms with van der Waals surface area (Å²) in [4.78, 5) is 29.0. The van der Waals surface area contributed by atoms with Gasteiger partial charge in [0.05, 0.1) is 27.4 Å².